The van der Waals surface area contributed by atoms with E-state index in [1.807, 2.05) is 35.2 Å². The maximum absolute atomic E-state index is 12.8. The van der Waals surface area contributed by atoms with Crippen LogP contribution in [0.15, 0.2) is 67.0 Å². The van der Waals surface area contributed by atoms with Crippen molar-refractivity contribution in [2.24, 2.45) is 5.73 Å². The predicted molar refractivity (Wildman–Crippen MR) is 110 cm³/mol. The van der Waals surface area contributed by atoms with Gasteiger partial charge in [-0.1, -0.05) is 18.2 Å². The normalized spacial score (nSPS) is 16.4. The van der Waals surface area contributed by atoms with Crippen molar-refractivity contribution in [2.75, 3.05) is 13.1 Å². The van der Waals surface area contributed by atoms with E-state index in [2.05, 4.69) is 4.98 Å². The number of carbonyl (C=O) groups excluding carboxylic acids is 2. The second kappa shape index (κ2) is 8.22. The maximum atomic E-state index is 12.8. The number of amides is 2. The monoisotopic (exact) mass is 386 g/mol. The average molecular weight is 386 g/mol. The largest absolute Gasteiger partial charge is 0.366 e. The molecule has 3 aromatic rings. The number of likely N-dealkylation sites (tertiary alicyclic amines) is 1. The van der Waals surface area contributed by atoms with Crippen LogP contribution >= 0.6 is 0 Å². The van der Waals surface area contributed by atoms with Crippen LogP contribution in [0, 0.1) is 0 Å². The SMILES string of the molecule is NC(=O)c1ccc(-c2cccc([C@H]3CCCN(C(=O)c4ccncc4)C3)n2)cc1. The number of carbonyl (C=O) groups is 2. The highest BCUT2D eigenvalue weighted by Crippen LogP contribution is 2.28. The Kier molecular flexibility index (Phi) is 5.33. The highest BCUT2D eigenvalue weighted by atomic mass is 16.2. The molecule has 146 valence electrons. The van der Waals surface area contributed by atoms with Gasteiger partial charge >= 0.3 is 0 Å². The molecule has 1 atom stereocenters. The van der Waals surface area contributed by atoms with Crippen LogP contribution in [-0.2, 0) is 0 Å². The van der Waals surface area contributed by atoms with E-state index >= 15 is 0 Å². The predicted octanol–water partition coefficient (Wildman–Crippen LogP) is 3.26. The molecule has 1 aliphatic heterocycles. The first-order valence-electron chi connectivity index (χ1n) is 9.68. The lowest BCUT2D eigenvalue weighted by atomic mass is 9.93. The van der Waals surface area contributed by atoms with Gasteiger partial charge in [0, 0.05) is 53.8 Å². The summed E-state index contributed by atoms with van der Waals surface area (Å²) < 4.78 is 0. The quantitative estimate of drug-likeness (QED) is 0.745. The zero-order valence-electron chi connectivity index (χ0n) is 16.0. The van der Waals surface area contributed by atoms with Gasteiger partial charge in [0.15, 0.2) is 0 Å². The van der Waals surface area contributed by atoms with E-state index in [9.17, 15) is 9.59 Å². The van der Waals surface area contributed by atoms with Crippen LogP contribution in [0.25, 0.3) is 11.3 Å². The van der Waals surface area contributed by atoms with Gasteiger partial charge in [0.05, 0.1) is 5.69 Å². The van der Waals surface area contributed by atoms with E-state index in [0.29, 0.717) is 17.7 Å². The number of piperidine rings is 1. The molecule has 0 bridgehead atoms. The number of aromatic nitrogens is 2. The number of hydrogen-bond acceptors (Lipinski definition) is 4. The van der Waals surface area contributed by atoms with Gasteiger partial charge in [-0.15, -0.1) is 0 Å². The smallest absolute Gasteiger partial charge is 0.253 e. The van der Waals surface area contributed by atoms with Crippen LogP contribution in [0.3, 0.4) is 0 Å². The van der Waals surface area contributed by atoms with Crippen molar-refractivity contribution in [3.63, 3.8) is 0 Å². The molecule has 0 radical (unpaired) electrons. The van der Waals surface area contributed by atoms with E-state index in [-0.39, 0.29) is 11.8 Å². The summed E-state index contributed by atoms with van der Waals surface area (Å²) in [5.74, 6) is -0.214. The lowest BCUT2D eigenvalue weighted by molar-refractivity contribution is 0.0705. The third kappa shape index (κ3) is 4.16. The maximum Gasteiger partial charge on any atom is 0.253 e. The number of hydrogen-bond donors (Lipinski definition) is 1. The number of nitrogens with two attached hydrogens (primary N) is 1. The Bertz CT molecular complexity index is 1020. The average Bonchev–Trinajstić information content (AvgIpc) is 2.79. The molecule has 29 heavy (non-hydrogen) atoms. The first kappa shape index (κ1) is 18.8. The van der Waals surface area contributed by atoms with E-state index in [4.69, 9.17) is 10.7 Å². The molecule has 0 saturated carbocycles. The fourth-order valence-corrected chi connectivity index (χ4v) is 3.72. The molecule has 3 heterocycles. The topological polar surface area (TPSA) is 89.2 Å². The third-order valence-corrected chi connectivity index (χ3v) is 5.29. The van der Waals surface area contributed by atoms with Gasteiger partial charge in [-0.25, -0.2) is 0 Å². The number of benzene rings is 1. The molecular weight excluding hydrogens is 364 g/mol. The van der Waals surface area contributed by atoms with Crippen molar-refractivity contribution in [3.05, 3.63) is 83.8 Å². The fraction of sp³-hybridized carbons (Fsp3) is 0.217. The van der Waals surface area contributed by atoms with Crippen LogP contribution in [0.2, 0.25) is 0 Å². The van der Waals surface area contributed by atoms with E-state index in [0.717, 1.165) is 36.3 Å². The number of primary amides is 1. The minimum Gasteiger partial charge on any atom is -0.366 e. The summed E-state index contributed by atoms with van der Waals surface area (Å²) in [7, 11) is 0. The van der Waals surface area contributed by atoms with E-state index in [1.54, 1.807) is 36.7 Å². The Morgan fingerprint density at radius 2 is 1.72 bits per heavy atom. The molecular formula is C23H22N4O2. The lowest BCUT2D eigenvalue weighted by Crippen LogP contribution is -2.39. The summed E-state index contributed by atoms with van der Waals surface area (Å²) in [5.41, 5.74) is 9.20. The molecule has 0 spiro atoms. The van der Waals surface area contributed by atoms with Crippen molar-refractivity contribution in [1.29, 1.82) is 0 Å². The molecule has 2 amide bonds. The molecule has 6 heteroatoms. The summed E-state index contributed by atoms with van der Waals surface area (Å²) in [4.78, 5) is 34.8. The standard InChI is InChI=1S/C23H22N4O2/c24-22(28)17-8-6-16(7-9-17)20-4-1-5-21(26-20)19-3-2-14-27(15-19)23(29)18-10-12-25-13-11-18/h1,4-13,19H,2-3,14-15H2,(H2,24,28)/t19-/m0/s1. The van der Waals surface area contributed by atoms with Crippen molar-refractivity contribution in [3.8, 4) is 11.3 Å². The third-order valence-electron chi connectivity index (χ3n) is 5.29. The van der Waals surface area contributed by atoms with Gasteiger partial charge in [0.2, 0.25) is 5.91 Å². The molecule has 0 aliphatic carbocycles. The Morgan fingerprint density at radius 3 is 2.45 bits per heavy atom. The highest BCUT2D eigenvalue weighted by Gasteiger charge is 2.26. The Labute approximate surface area is 169 Å². The zero-order chi connectivity index (χ0) is 20.2. The second-order valence-electron chi connectivity index (χ2n) is 7.22. The Morgan fingerprint density at radius 1 is 0.966 bits per heavy atom. The van der Waals surface area contributed by atoms with Gasteiger partial charge in [0.25, 0.3) is 5.91 Å². The summed E-state index contributed by atoms with van der Waals surface area (Å²) >= 11 is 0. The van der Waals surface area contributed by atoms with Crippen LogP contribution in [0.1, 0.15) is 45.2 Å². The summed E-state index contributed by atoms with van der Waals surface area (Å²) in [6.07, 6.45) is 5.23. The molecule has 1 aliphatic rings. The lowest BCUT2D eigenvalue weighted by Gasteiger charge is -2.32. The molecule has 4 rings (SSSR count). The first-order chi connectivity index (χ1) is 14.1. The van der Waals surface area contributed by atoms with Crippen LogP contribution in [0.5, 0.6) is 0 Å². The number of nitrogens with zero attached hydrogens (tertiary/aromatic N) is 3. The fourth-order valence-electron chi connectivity index (χ4n) is 3.72. The molecule has 1 aromatic carbocycles. The van der Waals surface area contributed by atoms with Gasteiger partial charge in [-0.05, 0) is 49.2 Å². The van der Waals surface area contributed by atoms with Crippen molar-refractivity contribution in [1.82, 2.24) is 14.9 Å². The summed E-state index contributed by atoms with van der Waals surface area (Å²) in [6, 6.07) is 16.6. The van der Waals surface area contributed by atoms with E-state index in [1.165, 1.54) is 0 Å². The van der Waals surface area contributed by atoms with Gasteiger partial charge < -0.3 is 10.6 Å². The van der Waals surface area contributed by atoms with Gasteiger partial charge in [0.1, 0.15) is 0 Å². The van der Waals surface area contributed by atoms with Crippen LogP contribution < -0.4 is 5.73 Å². The van der Waals surface area contributed by atoms with Gasteiger partial charge in [-0.2, -0.15) is 0 Å². The molecule has 2 N–H and O–H groups in total. The summed E-state index contributed by atoms with van der Waals surface area (Å²) in [6.45, 7) is 1.41. The van der Waals surface area contributed by atoms with Crippen LogP contribution in [-0.4, -0.2) is 39.8 Å². The van der Waals surface area contributed by atoms with Crippen LogP contribution in [0.4, 0.5) is 0 Å². The number of rotatable bonds is 4. The first-order valence-corrected chi connectivity index (χ1v) is 9.68. The van der Waals surface area contributed by atoms with Crippen molar-refractivity contribution >= 4 is 11.8 Å². The molecule has 1 fully saturated rings. The minimum absolute atomic E-state index is 0.0373. The van der Waals surface area contributed by atoms with E-state index < -0.39 is 5.91 Å². The molecule has 1 saturated heterocycles. The molecule has 0 unspecified atom stereocenters. The second-order valence-corrected chi connectivity index (χ2v) is 7.22. The molecule has 6 nitrogen and oxygen atoms in total. The van der Waals surface area contributed by atoms with Gasteiger partial charge in [-0.3, -0.25) is 19.6 Å². The minimum atomic E-state index is -0.445. The molecule has 2 aromatic heterocycles. The zero-order valence-corrected chi connectivity index (χ0v) is 16.0. The Hall–Kier alpha value is -3.54. The van der Waals surface area contributed by atoms with Crippen molar-refractivity contribution < 1.29 is 9.59 Å². The number of pyridine rings is 2. The Balaban J connectivity index is 1.53. The summed E-state index contributed by atoms with van der Waals surface area (Å²) in [5, 5.41) is 0. The highest BCUT2D eigenvalue weighted by molar-refractivity contribution is 5.94. The van der Waals surface area contributed by atoms with Crippen molar-refractivity contribution in [2.45, 2.75) is 18.8 Å².